The van der Waals surface area contributed by atoms with Crippen molar-refractivity contribution >= 4 is 28.8 Å². The maximum Gasteiger partial charge on any atom is 0.232 e. The quantitative estimate of drug-likeness (QED) is 0.897. The van der Waals surface area contributed by atoms with Crippen LogP contribution in [0.25, 0.3) is 11.0 Å². The molecule has 1 saturated heterocycles. The van der Waals surface area contributed by atoms with E-state index in [1.165, 1.54) is 12.8 Å². The minimum atomic E-state index is -0.280. The van der Waals surface area contributed by atoms with Gasteiger partial charge in [-0.05, 0) is 31.4 Å². The van der Waals surface area contributed by atoms with Crippen molar-refractivity contribution < 1.29 is 9.59 Å². The first-order chi connectivity index (χ1) is 12.7. The molecule has 1 aliphatic heterocycles. The highest BCUT2D eigenvalue weighted by atomic mass is 16.2. The number of para-hydroxylation sites is 2. The minimum Gasteiger partial charge on any atom is -0.339 e. The fourth-order valence-electron chi connectivity index (χ4n) is 4.31. The van der Waals surface area contributed by atoms with Gasteiger partial charge in [-0.2, -0.15) is 0 Å². The van der Waals surface area contributed by atoms with Crippen molar-refractivity contribution in [2.75, 3.05) is 11.9 Å². The molecule has 6 heteroatoms. The summed E-state index contributed by atoms with van der Waals surface area (Å²) < 4.78 is 2.05. The molecule has 1 saturated carbocycles. The summed E-state index contributed by atoms with van der Waals surface area (Å²) in [5.74, 6) is 0.341. The first kappa shape index (κ1) is 17.1. The van der Waals surface area contributed by atoms with Crippen LogP contribution in [0.5, 0.6) is 0 Å². The number of hydrogen-bond donors (Lipinski definition) is 1. The first-order valence-corrected chi connectivity index (χ1v) is 9.73. The largest absolute Gasteiger partial charge is 0.339 e. The van der Waals surface area contributed by atoms with Crippen molar-refractivity contribution in [3.63, 3.8) is 0 Å². The summed E-state index contributed by atoms with van der Waals surface area (Å²) in [4.78, 5) is 31.7. The molecule has 1 aromatic heterocycles. The van der Waals surface area contributed by atoms with Gasteiger partial charge in [-0.25, -0.2) is 4.98 Å². The second kappa shape index (κ2) is 7.09. The van der Waals surface area contributed by atoms with E-state index in [4.69, 9.17) is 0 Å². The second-order valence-corrected chi connectivity index (χ2v) is 7.45. The predicted molar refractivity (Wildman–Crippen MR) is 101 cm³/mol. The van der Waals surface area contributed by atoms with Gasteiger partial charge in [0.15, 0.2) is 0 Å². The molecule has 138 valence electrons. The maximum atomic E-state index is 12.8. The number of carbonyl (C=O) groups is 2. The van der Waals surface area contributed by atoms with Gasteiger partial charge in [0.25, 0.3) is 0 Å². The van der Waals surface area contributed by atoms with E-state index < -0.39 is 0 Å². The van der Waals surface area contributed by atoms with Crippen LogP contribution >= 0.6 is 0 Å². The molecule has 2 amide bonds. The van der Waals surface area contributed by atoms with Crippen LogP contribution in [0.2, 0.25) is 0 Å². The number of imidazole rings is 1. The van der Waals surface area contributed by atoms with Crippen LogP contribution in [-0.2, 0) is 16.1 Å². The van der Waals surface area contributed by atoms with Crippen molar-refractivity contribution in [3.05, 3.63) is 24.3 Å². The molecule has 0 spiro atoms. The molecule has 1 aromatic carbocycles. The number of benzene rings is 1. The highest BCUT2D eigenvalue weighted by Crippen LogP contribution is 2.30. The van der Waals surface area contributed by atoms with E-state index in [0.29, 0.717) is 25.0 Å². The van der Waals surface area contributed by atoms with Gasteiger partial charge in [-0.1, -0.05) is 31.9 Å². The van der Waals surface area contributed by atoms with Gasteiger partial charge in [0.05, 0.1) is 17.0 Å². The molecule has 2 heterocycles. The van der Waals surface area contributed by atoms with E-state index in [0.717, 1.165) is 36.8 Å². The molecule has 6 nitrogen and oxygen atoms in total. The van der Waals surface area contributed by atoms with Crippen LogP contribution in [0, 0.1) is 5.92 Å². The Morgan fingerprint density at radius 2 is 2.04 bits per heavy atom. The normalized spacial score (nSPS) is 21.0. The van der Waals surface area contributed by atoms with Crippen LogP contribution in [0.15, 0.2) is 24.3 Å². The number of nitrogens with zero attached hydrogens (tertiary/aromatic N) is 3. The Bertz CT molecular complexity index is 822. The Kier molecular flexibility index (Phi) is 4.66. The molecule has 2 fully saturated rings. The average molecular weight is 354 g/mol. The predicted octanol–water partition coefficient (Wildman–Crippen LogP) is 3.18. The number of nitrogens with one attached hydrogen (secondary N) is 1. The smallest absolute Gasteiger partial charge is 0.232 e. The lowest BCUT2D eigenvalue weighted by molar-refractivity contribution is -0.129. The van der Waals surface area contributed by atoms with Gasteiger partial charge in [0.1, 0.15) is 0 Å². The Balaban J connectivity index is 1.50. The zero-order valence-electron chi connectivity index (χ0n) is 15.3. The van der Waals surface area contributed by atoms with E-state index in [2.05, 4.69) is 21.8 Å². The van der Waals surface area contributed by atoms with Crippen LogP contribution in [-0.4, -0.2) is 38.9 Å². The maximum absolute atomic E-state index is 12.8. The minimum absolute atomic E-state index is 0.0912. The third-order valence-electron chi connectivity index (χ3n) is 5.63. The number of carbonyl (C=O) groups excluding carboxylic acids is 2. The number of aryl methyl sites for hydroxylation is 1. The molecular formula is C20H26N4O2. The van der Waals surface area contributed by atoms with Crippen LogP contribution < -0.4 is 5.32 Å². The highest BCUT2D eigenvalue weighted by molar-refractivity contribution is 5.97. The lowest BCUT2D eigenvalue weighted by Gasteiger charge is -2.23. The summed E-state index contributed by atoms with van der Waals surface area (Å²) in [5.41, 5.74) is 1.91. The van der Waals surface area contributed by atoms with Gasteiger partial charge in [0, 0.05) is 25.6 Å². The molecule has 0 radical (unpaired) electrons. The summed E-state index contributed by atoms with van der Waals surface area (Å²) in [6, 6.07) is 8.25. The zero-order valence-corrected chi connectivity index (χ0v) is 15.3. The van der Waals surface area contributed by atoms with Crippen molar-refractivity contribution in [2.24, 2.45) is 5.92 Å². The van der Waals surface area contributed by atoms with Crippen molar-refractivity contribution in [3.8, 4) is 0 Å². The lowest BCUT2D eigenvalue weighted by atomic mass is 10.1. The summed E-state index contributed by atoms with van der Waals surface area (Å²) in [7, 11) is 0. The number of likely N-dealkylation sites (tertiary alicyclic amines) is 1. The number of fused-ring (bicyclic) bond motifs is 1. The Labute approximate surface area is 153 Å². The second-order valence-electron chi connectivity index (χ2n) is 7.45. The summed E-state index contributed by atoms with van der Waals surface area (Å²) in [6.45, 7) is 3.45. The standard InChI is InChI=1S/C20H26N4O2/c1-2-11-23-17-10-6-5-9-16(17)21-20(23)22-19(26)14-12-18(25)24(13-14)15-7-3-4-8-15/h5-6,9-10,14-15H,2-4,7-8,11-13H2,1H3,(H,21,22,26)/t14-/m0/s1. The van der Waals surface area contributed by atoms with E-state index >= 15 is 0 Å². The van der Waals surface area contributed by atoms with Gasteiger partial charge in [-0.3, -0.25) is 14.9 Å². The Morgan fingerprint density at radius 3 is 2.81 bits per heavy atom. The fourth-order valence-corrected chi connectivity index (χ4v) is 4.31. The summed E-state index contributed by atoms with van der Waals surface area (Å²) in [5, 5.41) is 2.99. The molecule has 4 rings (SSSR count). The van der Waals surface area contributed by atoms with E-state index in [-0.39, 0.29) is 17.7 Å². The van der Waals surface area contributed by atoms with Crippen LogP contribution in [0.1, 0.15) is 45.4 Å². The molecule has 2 aromatic rings. The van der Waals surface area contributed by atoms with Gasteiger partial charge in [-0.15, -0.1) is 0 Å². The molecule has 1 aliphatic carbocycles. The van der Waals surface area contributed by atoms with Crippen LogP contribution in [0.3, 0.4) is 0 Å². The van der Waals surface area contributed by atoms with Gasteiger partial charge < -0.3 is 9.47 Å². The molecule has 1 N–H and O–H groups in total. The monoisotopic (exact) mass is 354 g/mol. The zero-order chi connectivity index (χ0) is 18.1. The van der Waals surface area contributed by atoms with E-state index in [1.807, 2.05) is 29.2 Å². The SMILES string of the molecule is CCCn1c(NC(=O)[C@H]2CC(=O)N(C3CCCC3)C2)nc2ccccc21. The fraction of sp³-hybridized carbons (Fsp3) is 0.550. The Morgan fingerprint density at radius 1 is 1.27 bits per heavy atom. The Hall–Kier alpha value is -2.37. The van der Waals surface area contributed by atoms with Gasteiger partial charge in [0.2, 0.25) is 17.8 Å². The van der Waals surface area contributed by atoms with Crippen LogP contribution in [0.4, 0.5) is 5.95 Å². The number of anilines is 1. The first-order valence-electron chi connectivity index (χ1n) is 9.73. The molecule has 0 unspecified atom stereocenters. The van der Waals surface area contributed by atoms with Crippen molar-refractivity contribution in [2.45, 2.75) is 58.0 Å². The number of rotatable bonds is 5. The highest BCUT2D eigenvalue weighted by Gasteiger charge is 2.38. The van der Waals surface area contributed by atoms with Crippen molar-refractivity contribution in [1.29, 1.82) is 0 Å². The third kappa shape index (κ3) is 3.08. The topological polar surface area (TPSA) is 67.2 Å². The summed E-state index contributed by atoms with van der Waals surface area (Å²) in [6.07, 6.45) is 5.80. The molecule has 0 bridgehead atoms. The lowest BCUT2D eigenvalue weighted by Crippen LogP contribution is -2.35. The molecular weight excluding hydrogens is 328 g/mol. The number of aromatic nitrogens is 2. The average Bonchev–Trinajstić information content (AvgIpc) is 3.35. The molecule has 2 aliphatic rings. The number of hydrogen-bond acceptors (Lipinski definition) is 3. The molecule has 1 atom stereocenters. The number of amides is 2. The third-order valence-corrected chi connectivity index (χ3v) is 5.63. The van der Waals surface area contributed by atoms with Gasteiger partial charge >= 0.3 is 0 Å². The summed E-state index contributed by atoms with van der Waals surface area (Å²) >= 11 is 0. The van der Waals surface area contributed by atoms with E-state index in [1.54, 1.807) is 0 Å². The molecule has 26 heavy (non-hydrogen) atoms. The van der Waals surface area contributed by atoms with Crippen molar-refractivity contribution in [1.82, 2.24) is 14.5 Å². The van der Waals surface area contributed by atoms with E-state index in [9.17, 15) is 9.59 Å².